The van der Waals surface area contributed by atoms with E-state index in [1.807, 2.05) is 0 Å². The largest absolute Gasteiger partial charge is 0.478 e. The summed E-state index contributed by atoms with van der Waals surface area (Å²) < 4.78 is 5.56. The van der Waals surface area contributed by atoms with E-state index in [1.54, 1.807) is 6.08 Å². The number of aliphatic carboxylic acids is 1. The fraction of sp³-hybridized carbons (Fsp3) is 0.727. The van der Waals surface area contributed by atoms with Crippen LogP contribution in [0.25, 0.3) is 0 Å². The van der Waals surface area contributed by atoms with Crippen molar-refractivity contribution < 1.29 is 14.6 Å². The van der Waals surface area contributed by atoms with Gasteiger partial charge in [0.2, 0.25) is 0 Å². The average molecular weight is 198 g/mol. The fourth-order valence-electron chi connectivity index (χ4n) is 1.75. The molecule has 1 aliphatic rings. The molecule has 0 aliphatic heterocycles. The summed E-state index contributed by atoms with van der Waals surface area (Å²) in [6, 6.07) is 0. The molecule has 3 nitrogen and oxygen atoms in total. The van der Waals surface area contributed by atoms with Gasteiger partial charge in [-0.25, -0.2) is 4.79 Å². The monoisotopic (exact) mass is 198 g/mol. The van der Waals surface area contributed by atoms with Gasteiger partial charge in [0.25, 0.3) is 0 Å². The van der Waals surface area contributed by atoms with Gasteiger partial charge in [0, 0.05) is 6.08 Å². The minimum atomic E-state index is -0.908. The van der Waals surface area contributed by atoms with Crippen molar-refractivity contribution in [2.24, 2.45) is 0 Å². The second kappa shape index (κ2) is 6.60. The van der Waals surface area contributed by atoms with Gasteiger partial charge in [0.15, 0.2) is 0 Å². The summed E-state index contributed by atoms with van der Waals surface area (Å²) in [6.07, 6.45) is 10.4. The van der Waals surface area contributed by atoms with Crippen molar-refractivity contribution in [3.8, 4) is 0 Å². The molecule has 0 aromatic heterocycles. The topological polar surface area (TPSA) is 46.5 Å². The molecule has 0 amide bonds. The number of carbonyl (C=O) groups is 1. The number of hydrogen-bond acceptors (Lipinski definition) is 2. The van der Waals surface area contributed by atoms with Gasteiger partial charge < -0.3 is 9.84 Å². The molecule has 0 radical (unpaired) electrons. The quantitative estimate of drug-likeness (QED) is 0.557. The fourth-order valence-corrected chi connectivity index (χ4v) is 1.75. The van der Waals surface area contributed by atoms with Crippen molar-refractivity contribution in [1.82, 2.24) is 0 Å². The summed E-state index contributed by atoms with van der Waals surface area (Å²) in [5.74, 6) is -0.908. The molecule has 0 atom stereocenters. The molecule has 1 N–H and O–H groups in total. The van der Waals surface area contributed by atoms with E-state index < -0.39 is 5.97 Å². The average Bonchev–Trinajstić information content (AvgIpc) is 2.40. The summed E-state index contributed by atoms with van der Waals surface area (Å²) >= 11 is 0. The molecule has 1 aliphatic carbocycles. The molecule has 14 heavy (non-hydrogen) atoms. The Morgan fingerprint density at radius 3 is 2.50 bits per heavy atom. The normalized spacial score (nSPS) is 19.7. The first kappa shape index (κ1) is 11.2. The number of hydrogen-bond donors (Lipinski definition) is 1. The van der Waals surface area contributed by atoms with Gasteiger partial charge in [-0.15, -0.1) is 0 Å². The van der Waals surface area contributed by atoms with Gasteiger partial charge in [-0.3, -0.25) is 0 Å². The maximum absolute atomic E-state index is 10.2. The highest BCUT2D eigenvalue weighted by Gasteiger charge is 2.11. The summed E-state index contributed by atoms with van der Waals surface area (Å²) in [5.41, 5.74) is 0. The van der Waals surface area contributed by atoms with E-state index >= 15 is 0 Å². The molecule has 0 spiro atoms. The van der Waals surface area contributed by atoms with Crippen LogP contribution in [-0.4, -0.2) is 23.8 Å². The SMILES string of the molecule is O=C(O)C=CCOC1CCCCCC1. The van der Waals surface area contributed by atoms with Crippen LogP contribution in [0.2, 0.25) is 0 Å². The molecule has 0 bridgehead atoms. The summed E-state index contributed by atoms with van der Waals surface area (Å²) in [6.45, 7) is 0.428. The zero-order chi connectivity index (χ0) is 10.2. The maximum atomic E-state index is 10.2. The van der Waals surface area contributed by atoms with Crippen molar-refractivity contribution in [2.75, 3.05) is 6.61 Å². The third-order valence-corrected chi connectivity index (χ3v) is 2.49. The highest BCUT2D eigenvalue weighted by Crippen LogP contribution is 2.19. The van der Waals surface area contributed by atoms with Crippen molar-refractivity contribution in [2.45, 2.75) is 44.6 Å². The van der Waals surface area contributed by atoms with Crippen LogP contribution in [0, 0.1) is 0 Å². The predicted molar refractivity (Wildman–Crippen MR) is 54.2 cm³/mol. The smallest absolute Gasteiger partial charge is 0.328 e. The third kappa shape index (κ3) is 5.02. The third-order valence-electron chi connectivity index (χ3n) is 2.49. The Labute approximate surface area is 84.8 Å². The molecule has 80 valence electrons. The Hall–Kier alpha value is -0.830. The molecular weight excluding hydrogens is 180 g/mol. The van der Waals surface area contributed by atoms with Gasteiger partial charge in [-0.1, -0.05) is 31.8 Å². The molecule has 0 unspecified atom stereocenters. The molecule has 0 heterocycles. The van der Waals surface area contributed by atoms with Gasteiger partial charge in [-0.2, -0.15) is 0 Å². The summed E-state index contributed by atoms with van der Waals surface area (Å²) in [5, 5.41) is 8.35. The summed E-state index contributed by atoms with van der Waals surface area (Å²) in [4.78, 5) is 10.2. The Balaban J connectivity index is 2.13. The second-order valence-corrected chi connectivity index (χ2v) is 3.69. The van der Waals surface area contributed by atoms with Crippen molar-refractivity contribution in [3.63, 3.8) is 0 Å². The first-order valence-corrected chi connectivity index (χ1v) is 5.30. The van der Waals surface area contributed by atoms with Crippen LogP contribution in [0.1, 0.15) is 38.5 Å². The van der Waals surface area contributed by atoms with Crippen molar-refractivity contribution in [3.05, 3.63) is 12.2 Å². The minimum Gasteiger partial charge on any atom is -0.478 e. The van der Waals surface area contributed by atoms with Gasteiger partial charge >= 0.3 is 5.97 Å². The molecule has 0 aromatic rings. The molecule has 1 saturated carbocycles. The number of carboxylic acid groups (broad SMARTS) is 1. The van der Waals surface area contributed by atoms with E-state index in [0.29, 0.717) is 12.7 Å². The van der Waals surface area contributed by atoms with Crippen LogP contribution in [0.5, 0.6) is 0 Å². The van der Waals surface area contributed by atoms with Gasteiger partial charge in [0.05, 0.1) is 12.7 Å². The van der Waals surface area contributed by atoms with E-state index in [1.165, 1.54) is 25.7 Å². The molecule has 1 rings (SSSR count). The number of ether oxygens (including phenoxy) is 1. The van der Waals surface area contributed by atoms with Crippen LogP contribution in [-0.2, 0) is 9.53 Å². The first-order valence-electron chi connectivity index (χ1n) is 5.30. The zero-order valence-electron chi connectivity index (χ0n) is 8.45. The lowest BCUT2D eigenvalue weighted by Crippen LogP contribution is -2.11. The summed E-state index contributed by atoms with van der Waals surface area (Å²) in [7, 11) is 0. The molecule has 3 heteroatoms. The molecule has 0 saturated heterocycles. The number of rotatable bonds is 4. The van der Waals surface area contributed by atoms with E-state index in [0.717, 1.165) is 18.9 Å². The second-order valence-electron chi connectivity index (χ2n) is 3.69. The van der Waals surface area contributed by atoms with E-state index in [4.69, 9.17) is 9.84 Å². The minimum absolute atomic E-state index is 0.343. The molecule has 0 aromatic carbocycles. The van der Waals surface area contributed by atoms with Crippen LogP contribution < -0.4 is 0 Å². The van der Waals surface area contributed by atoms with Gasteiger partial charge in [0.1, 0.15) is 0 Å². The van der Waals surface area contributed by atoms with Crippen LogP contribution >= 0.6 is 0 Å². The van der Waals surface area contributed by atoms with Crippen LogP contribution in [0.4, 0.5) is 0 Å². The Bertz CT molecular complexity index is 191. The number of carboxylic acids is 1. The van der Waals surface area contributed by atoms with Crippen LogP contribution in [0.3, 0.4) is 0 Å². The Morgan fingerprint density at radius 2 is 1.93 bits per heavy atom. The molecule has 1 fully saturated rings. The lowest BCUT2D eigenvalue weighted by molar-refractivity contribution is -0.131. The lowest BCUT2D eigenvalue weighted by Gasteiger charge is -2.13. The predicted octanol–water partition coefficient (Wildman–Crippen LogP) is 2.37. The maximum Gasteiger partial charge on any atom is 0.328 e. The van der Waals surface area contributed by atoms with E-state index in [-0.39, 0.29) is 0 Å². The highest BCUT2D eigenvalue weighted by molar-refractivity contribution is 5.79. The van der Waals surface area contributed by atoms with E-state index in [9.17, 15) is 4.79 Å². The highest BCUT2D eigenvalue weighted by atomic mass is 16.5. The van der Waals surface area contributed by atoms with Crippen LogP contribution in [0.15, 0.2) is 12.2 Å². The molecular formula is C11H18O3. The Kier molecular flexibility index (Phi) is 5.30. The standard InChI is InChI=1S/C11H18O3/c12-11(13)8-5-9-14-10-6-3-1-2-4-7-10/h5,8,10H,1-4,6-7,9H2,(H,12,13). The van der Waals surface area contributed by atoms with Crippen molar-refractivity contribution >= 4 is 5.97 Å². The first-order chi connectivity index (χ1) is 6.79. The zero-order valence-corrected chi connectivity index (χ0v) is 8.45. The van der Waals surface area contributed by atoms with E-state index in [2.05, 4.69) is 0 Å². The van der Waals surface area contributed by atoms with Crippen molar-refractivity contribution in [1.29, 1.82) is 0 Å². The lowest BCUT2D eigenvalue weighted by atomic mass is 10.1. The Morgan fingerprint density at radius 1 is 1.29 bits per heavy atom. The van der Waals surface area contributed by atoms with Gasteiger partial charge in [-0.05, 0) is 12.8 Å².